The molecule has 1 N–H and O–H groups in total. The third-order valence-electron chi connectivity index (χ3n) is 3.76. The molecule has 0 spiro atoms. The lowest BCUT2D eigenvalue weighted by molar-refractivity contribution is -0.117. The second kappa shape index (κ2) is 5.77. The number of anilines is 1. The fraction of sp³-hybridized carbons (Fsp3) is 0.312. The van der Waals surface area contributed by atoms with E-state index in [2.05, 4.69) is 15.8 Å². The smallest absolute Gasteiger partial charge is 0.221 e. The highest BCUT2D eigenvalue weighted by atomic mass is 32.1. The van der Waals surface area contributed by atoms with Gasteiger partial charge in [-0.2, -0.15) is 0 Å². The molecule has 4 nitrogen and oxygen atoms in total. The number of nitrogens with zero attached hydrogens (tertiary/aromatic N) is 1. The van der Waals surface area contributed by atoms with Crippen molar-refractivity contribution in [1.82, 2.24) is 4.37 Å². The Morgan fingerprint density at radius 2 is 2.19 bits per heavy atom. The van der Waals surface area contributed by atoms with Gasteiger partial charge in [-0.3, -0.25) is 9.59 Å². The molecule has 0 radical (unpaired) electrons. The minimum absolute atomic E-state index is 0.0935. The number of carbonyl (C=O) groups is 2. The molecule has 3 rings (SSSR count). The number of rotatable bonds is 3. The van der Waals surface area contributed by atoms with E-state index in [-0.39, 0.29) is 11.8 Å². The first kappa shape index (κ1) is 13.9. The Balaban J connectivity index is 2.00. The summed E-state index contributed by atoms with van der Waals surface area (Å²) >= 11 is 1.40. The van der Waals surface area contributed by atoms with Crippen molar-refractivity contribution in [3.63, 3.8) is 0 Å². The van der Waals surface area contributed by atoms with Crippen LogP contribution in [0.3, 0.4) is 0 Å². The largest absolute Gasteiger partial charge is 0.326 e. The summed E-state index contributed by atoms with van der Waals surface area (Å²) in [5.74, 6) is 0.490. The van der Waals surface area contributed by atoms with Gasteiger partial charge in [0.1, 0.15) is 5.78 Å². The molecule has 0 aliphatic heterocycles. The van der Waals surface area contributed by atoms with Gasteiger partial charge in [-0.15, -0.1) is 0 Å². The van der Waals surface area contributed by atoms with Crippen molar-refractivity contribution in [2.75, 3.05) is 5.32 Å². The van der Waals surface area contributed by atoms with E-state index in [4.69, 9.17) is 0 Å². The van der Waals surface area contributed by atoms with E-state index in [9.17, 15) is 9.59 Å². The van der Waals surface area contributed by atoms with Crippen molar-refractivity contribution in [3.8, 4) is 11.1 Å². The van der Waals surface area contributed by atoms with Crippen LogP contribution in [0, 0.1) is 0 Å². The zero-order valence-electron chi connectivity index (χ0n) is 11.8. The van der Waals surface area contributed by atoms with E-state index in [1.165, 1.54) is 18.5 Å². The molecule has 1 saturated carbocycles. The number of nitrogens with one attached hydrogen (secondary N) is 1. The molecule has 1 aromatic carbocycles. The average molecular weight is 300 g/mol. The van der Waals surface area contributed by atoms with Gasteiger partial charge in [0.15, 0.2) is 0 Å². The SMILES string of the molecule is CC(=O)Nc1cc(-c2cnsc2)cc(C2CCC(=O)C2)c1. The molecular formula is C16H16N2O2S. The van der Waals surface area contributed by atoms with Crippen molar-refractivity contribution in [1.29, 1.82) is 0 Å². The predicted molar refractivity (Wildman–Crippen MR) is 83.5 cm³/mol. The minimum Gasteiger partial charge on any atom is -0.326 e. The number of aromatic nitrogens is 1. The van der Waals surface area contributed by atoms with Gasteiger partial charge < -0.3 is 5.32 Å². The first-order chi connectivity index (χ1) is 10.1. The van der Waals surface area contributed by atoms with Crippen molar-refractivity contribution in [2.24, 2.45) is 0 Å². The van der Waals surface area contributed by atoms with E-state index in [1.807, 2.05) is 23.7 Å². The molecule has 1 unspecified atom stereocenters. The van der Waals surface area contributed by atoms with Crippen LogP contribution in [0.1, 0.15) is 37.7 Å². The number of amides is 1. The topological polar surface area (TPSA) is 59.1 Å². The average Bonchev–Trinajstić information content (AvgIpc) is 3.08. The second-order valence-corrected chi connectivity index (χ2v) is 6.07. The highest BCUT2D eigenvalue weighted by molar-refractivity contribution is 7.03. The third kappa shape index (κ3) is 3.19. The molecular weight excluding hydrogens is 284 g/mol. The van der Waals surface area contributed by atoms with Crippen molar-refractivity contribution >= 4 is 28.9 Å². The summed E-state index contributed by atoms with van der Waals surface area (Å²) in [6, 6.07) is 6.04. The maximum Gasteiger partial charge on any atom is 0.221 e. The molecule has 5 heteroatoms. The molecule has 2 aromatic rings. The Morgan fingerprint density at radius 1 is 1.33 bits per heavy atom. The summed E-state index contributed by atoms with van der Waals surface area (Å²) in [6.07, 6.45) is 3.97. The first-order valence-corrected chi connectivity index (χ1v) is 7.79. The van der Waals surface area contributed by atoms with E-state index in [0.717, 1.165) is 28.8 Å². The maximum absolute atomic E-state index is 11.5. The number of carbonyl (C=O) groups excluding carboxylic acids is 2. The van der Waals surface area contributed by atoms with Crippen LogP contribution in [0.2, 0.25) is 0 Å². The lowest BCUT2D eigenvalue weighted by Crippen LogP contribution is -2.07. The quantitative estimate of drug-likeness (QED) is 0.942. The van der Waals surface area contributed by atoms with Gasteiger partial charge in [0, 0.05) is 42.6 Å². The van der Waals surface area contributed by atoms with Gasteiger partial charge in [0.2, 0.25) is 5.91 Å². The van der Waals surface area contributed by atoms with Crippen LogP contribution in [0.4, 0.5) is 5.69 Å². The normalized spacial score (nSPS) is 18.0. The Morgan fingerprint density at radius 3 is 2.81 bits per heavy atom. The molecule has 1 amide bonds. The highest BCUT2D eigenvalue weighted by Gasteiger charge is 2.24. The lowest BCUT2D eigenvalue weighted by atomic mass is 9.94. The second-order valence-electron chi connectivity index (χ2n) is 5.42. The highest BCUT2D eigenvalue weighted by Crippen LogP contribution is 2.36. The number of Topliss-reactive ketones (excluding diaryl/α,β-unsaturated/α-hetero) is 1. The van der Waals surface area contributed by atoms with E-state index in [1.54, 1.807) is 0 Å². The van der Waals surface area contributed by atoms with Gasteiger partial charge in [-0.1, -0.05) is 6.07 Å². The predicted octanol–water partition coefficient (Wildman–Crippen LogP) is 3.61. The number of ketones is 1. The van der Waals surface area contributed by atoms with E-state index in [0.29, 0.717) is 18.6 Å². The summed E-state index contributed by atoms with van der Waals surface area (Å²) in [7, 11) is 0. The molecule has 0 saturated heterocycles. The molecule has 1 fully saturated rings. The minimum atomic E-state index is -0.0935. The fourth-order valence-corrected chi connectivity index (χ4v) is 3.32. The van der Waals surface area contributed by atoms with Crippen molar-refractivity contribution in [2.45, 2.75) is 32.1 Å². The van der Waals surface area contributed by atoms with Crippen LogP contribution in [-0.2, 0) is 9.59 Å². The Kier molecular flexibility index (Phi) is 3.84. The number of benzene rings is 1. The monoisotopic (exact) mass is 300 g/mol. The zero-order chi connectivity index (χ0) is 14.8. The van der Waals surface area contributed by atoms with Crippen molar-refractivity contribution in [3.05, 3.63) is 35.3 Å². The van der Waals surface area contributed by atoms with Crippen LogP contribution in [0.25, 0.3) is 11.1 Å². The lowest BCUT2D eigenvalue weighted by Gasteiger charge is -2.13. The summed E-state index contributed by atoms with van der Waals surface area (Å²) in [5.41, 5.74) is 3.97. The van der Waals surface area contributed by atoms with Crippen LogP contribution >= 0.6 is 11.5 Å². The zero-order valence-corrected chi connectivity index (χ0v) is 12.6. The first-order valence-electron chi connectivity index (χ1n) is 6.96. The molecule has 108 valence electrons. The summed E-state index contributed by atoms with van der Waals surface area (Å²) in [5, 5.41) is 4.82. The van der Waals surface area contributed by atoms with Crippen LogP contribution in [-0.4, -0.2) is 16.1 Å². The van der Waals surface area contributed by atoms with Gasteiger partial charge >= 0.3 is 0 Å². The van der Waals surface area contributed by atoms with E-state index < -0.39 is 0 Å². The maximum atomic E-state index is 11.5. The van der Waals surface area contributed by atoms with Gasteiger partial charge in [0.25, 0.3) is 0 Å². The number of hydrogen-bond acceptors (Lipinski definition) is 4. The molecule has 21 heavy (non-hydrogen) atoms. The molecule has 1 aliphatic rings. The van der Waals surface area contributed by atoms with Gasteiger partial charge in [-0.05, 0) is 47.1 Å². The Hall–Kier alpha value is -2.01. The Bertz CT molecular complexity index is 680. The van der Waals surface area contributed by atoms with Gasteiger partial charge in [-0.25, -0.2) is 4.37 Å². The van der Waals surface area contributed by atoms with Crippen LogP contribution < -0.4 is 5.32 Å². The Labute approximate surface area is 127 Å². The summed E-state index contributed by atoms with van der Waals surface area (Å²) < 4.78 is 4.13. The standard InChI is InChI=1S/C16H16N2O2S/c1-10(19)18-15-5-12(11-2-3-16(20)7-11)4-13(6-15)14-8-17-21-9-14/h4-6,8-9,11H,2-3,7H2,1H3,(H,18,19). The summed E-state index contributed by atoms with van der Waals surface area (Å²) in [6.45, 7) is 1.50. The van der Waals surface area contributed by atoms with Crippen LogP contribution in [0.5, 0.6) is 0 Å². The molecule has 1 atom stereocenters. The van der Waals surface area contributed by atoms with Crippen molar-refractivity contribution < 1.29 is 9.59 Å². The fourth-order valence-electron chi connectivity index (χ4n) is 2.78. The molecule has 1 aromatic heterocycles. The number of hydrogen-bond donors (Lipinski definition) is 1. The molecule has 0 bridgehead atoms. The van der Waals surface area contributed by atoms with Crippen LogP contribution in [0.15, 0.2) is 29.8 Å². The molecule has 1 aliphatic carbocycles. The van der Waals surface area contributed by atoms with Gasteiger partial charge in [0.05, 0.1) is 0 Å². The summed E-state index contributed by atoms with van der Waals surface area (Å²) in [4.78, 5) is 22.8. The molecule has 1 heterocycles. The third-order valence-corrected chi connectivity index (χ3v) is 4.34. The van der Waals surface area contributed by atoms with E-state index >= 15 is 0 Å².